The molecule has 23 heavy (non-hydrogen) atoms. The van der Waals surface area contributed by atoms with E-state index in [-0.39, 0.29) is 17.9 Å². The monoisotopic (exact) mass is 373 g/mol. The topological polar surface area (TPSA) is 72.4 Å². The van der Waals surface area contributed by atoms with Gasteiger partial charge in [0, 0.05) is 29.5 Å². The number of nitrogens with two attached hydrogens (primary N) is 2. The van der Waals surface area contributed by atoms with Crippen molar-refractivity contribution in [1.29, 1.82) is 0 Å². The van der Waals surface area contributed by atoms with Crippen molar-refractivity contribution in [2.75, 3.05) is 13.1 Å². The first kappa shape index (κ1) is 16.2. The summed E-state index contributed by atoms with van der Waals surface area (Å²) in [7, 11) is 0. The summed E-state index contributed by atoms with van der Waals surface area (Å²) in [6, 6.07) is 17.5. The third-order valence-corrected chi connectivity index (χ3v) is 4.97. The van der Waals surface area contributed by atoms with Gasteiger partial charge in [0.15, 0.2) is 0 Å². The van der Waals surface area contributed by atoms with Gasteiger partial charge < -0.3 is 11.5 Å². The number of carbonyl (C=O) groups is 1. The Balaban J connectivity index is 1.85. The molecule has 2 aromatic rings. The summed E-state index contributed by atoms with van der Waals surface area (Å²) in [6.07, 6.45) is 0. The second-order valence-corrected chi connectivity index (χ2v) is 6.91. The molecule has 3 rings (SSSR count). The van der Waals surface area contributed by atoms with Crippen LogP contribution in [0.1, 0.15) is 23.1 Å². The van der Waals surface area contributed by atoms with Crippen LogP contribution in [0.2, 0.25) is 0 Å². The second-order valence-electron chi connectivity index (χ2n) is 5.99. The fourth-order valence-electron chi connectivity index (χ4n) is 3.32. The molecule has 4 nitrogen and oxygen atoms in total. The number of hydrogen-bond donors (Lipinski definition) is 2. The van der Waals surface area contributed by atoms with Gasteiger partial charge in [0.05, 0.1) is 0 Å². The van der Waals surface area contributed by atoms with Gasteiger partial charge in [-0.2, -0.15) is 0 Å². The molecule has 1 heterocycles. The fraction of sp³-hybridized carbons (Fsp3) is 0.278. The predicted octanol–water partition coefficient (Wildman–Crippen LogP) is 2.40. The van der Waals surface area contributed by atoms with Gasteiger partial charge in [0.2, 0.25) is 5.91 Å². The van der Waals surface area contributed by atoms with Crippen LogP contribution in [-0.2, 0) is 4.79 Å². The van der Waals surface area contributed by atoms with Gasteiger partial charge in [0.25, 0.3) is 0 Å². The molecule has 2 aromatic carbocycles. The SMILES string of the molecule is NC(=O)C(c1ccc(Br)cc1)N1C[C@@H](N)[C@H](c2ccccc2)C1. The molecule has 1 aliphatic heterocycles. The summed E-state index contributed by atoms with van der Waals surface area (Å²) in [5.41, 5.74) is 14.1. The Hall–Kier alpha value is -1.69. The van der Waals surface area contributed by atoms with Gasteiger partial charge in [0.1, 0.15) is 6.04 Å². The number of likely N-dealkylation sites (tertiary alicyclic amines) is 1. The van der Waals surface area contributed by atoms with Crippen molar-refractivity contribution in [2.24, 2.45) is 11.5 Å². The van der Waals surface area contributed by atoms with Gasteiger partial charge in [-0.1, -0.05) is 58.4 Å². The van der Waals surface area contributed by atoms with Gasteiger partial charge in [-0.05, 0) is 23.3 Å². The summed E-state index contributed by atoms with van der Waals surface area (Å²) >= 11 is 3.42. The zero-order valence-electron chi connectivity index (χ0n) is 12.7. The van der Waals surface area contributed by atoms with E-state index >= 15 is 0 Å². The van der Waals surface area contributed by atoms with Crippen LogP contribution in [0.3, 0.4) is 0 Å². The molecule has 120 valence electrons. The van der Waals surface area contributed by atoms with E-state index in [1.54, 1.807) is 0 Å². The summed E-state index contributed by atoms with van der Waals surface area (Å²) in [4.78, 5) is 14.1. The number of primary amides is 1. The highest BCUT2D eigenvalue weighted by Crippen LogP contribution is 2.32. The molecular formula is C18H20BrN3O. The lowest BCUT2D eigenvalue weighted by atomic mass is 9.95. The van der Waals surface area contributed by atoms with Crippen LogP contribution in [0.15, 0.2) is 59.1 Å². The van der Waals surface area contributed by atoms with Gasteiger partial charge in [-0.3, -0.25) is 9.69 Å². The Kier molecular flexibility index (Phi) is 4.80. The lowest BCUT2D eigenvalue weighted by Crippen LogP contribution is -2.37. The van der Waals surface area contributed by atoms with Crippen molar-refractivity contribution >= 4 is 21.8 Å². The van der Waals surface area contributed by atoms with Crippen LogP contribution in [0.5, 0.6) is 0 Å². The third-order valence-electron chi connectivity index (χ3n) is 4.44. The normalized spacial score (nSPS) is 22.9. The molecule has 0 saturated carbocycles. The first-order chi connectivity index (χ1) is 11.1. The molecule has 0 aliphatic carbocycles. The number of amides is 1. The standard InChI is InChI=1S/C18H20BrN3O/c19-14-8-6-13(7-9-14)17(18(21)23)22-10-15(16(20)11-22)12-4-2-1-3-5-12/h1-9,15-17H,10-11,20H2,(H2,21,23)/t15-,16+,17?/m0/s1. The molecule has 0 bridgehead atoms. The van der Waals surface area contributed by atoms with Crippen LogP contribution in [-0.4, -0.2) is 29.9 Å². The number of carbonyl (C=O) groups excluding carboxylic acids is 1. The number of nitrogens with zero attached hydrogens (tertiary/aromatic N) is 1. The lowest BCUT2D eigenvalue weighted by molar-refractivity contribution is -0.123. The van der Waals surface area contributed by atoms with E-state index in [1.165, 1.54) is 5.56 Å². The molecule has 0 spiro atoms. The van der Waals surface area contributed by atoms with Crippen molar-refractivity contribution in [3.05, 3.63) is 70.2 Å². The van der Waals surface area contributed by atoms with Crippen LogP contribution in [0, 0.1) is 0 Å². The van der Waals surface area contributed by atoms with Gasteiger partial charge in [-0.25, -0.2) is 0 Å². The van der Waals surface area contributed by atoms with Crippen LogP contribution in [0.4, 0.5) is 0 Å². The quantitative estimate of drug-likeness (QED) is 0.863. The average Bonchev–Trinajstić information content (AvgIpc) is 2.91. The highest BCUT2D eigenvalue weighted by atomic mass is 79.9. The van der Waals surface area contributed by atoms with Crippen molar-refractivity contribution in [1.82, 2.24) is 4.90 Å². The van der Waals surface area contributed by atoms with E-state index in [0.29, 0.717) is 6.54 Å². The number of halogens is 1. The summed E-state index contributed by atoms with van der Waals surface area (Å²) in [5, 5.41) is 0. The predicted molar refractivity (Wildman–Crippen MR) is 94.8 cm³/mol. The van der Waals surface area contributed by atoms with Crippen molar-refractivity contribution in [2.45, 2.75) is 18.0 Å². The van der Waals surface area contributed by atoms with Crippen LogP contribution >= 0.6 is 15.9 Å². The maximum Gasteiger partial charge on any atom is 0.239 e. The Labute approximate surface area is 144 Å². The maximum absolute atomic E-state index is 12.0. The van der Waals surface area contributed by atoms with Crippen molar-refractivity contribution in [3.63, 3.8) is 0 Å². The highest BCUT2D eigenvalue weighted by Gasteiger charge is 2.37. The Morgan fingerprint density at radius 2 is 1.74 bits per heavy atom. The van der Waals surface area contributed by atoms with E-state index in [1.807, 2.05) is 42.5 Å². The first-order valence-electron chi connectivity index (χ1n) is 7.65. The fourth-order valence-corrected chi connectivity index (χ4v) is 3.59. The molecule has 5 heteroatoms. The van der Waals surface area contributed by atoms with Gasteiger partial charge >= 0.3 is 0 Å². The van der Waals surface area contributed by atoms with Crippen molar-refractivity contribution < 1.29 is 4.79 Å². The molecule has 0 aromatic heterocycles. The minimum atomic E-state index is -0.442. The lowest BCUT2D eigenvalue weighted by Gasteiger charge is -2.25. The van der Waals surface area contributed by atoms with Crippen LogP contribution in [0.25, 0.3) is 0 Å². The van der Waals surface area contributed by atoms with E-state index in [0.717, 1.165) is 16.6 Å². The number of hydrogen-bond acceptors (Lipinski definition) is 3. The Bertz CT molecular complexity index is 674. The average molecular weight is 374 g/mol. The molecular weight excluding hydrogens is 354 g/mol. The number of rotatable bonds is 4. The molecule has 4 N–H and O–H groups in total. The highest BCUT2D eigenvalue weighted by molar-refractivity contribution is 9.10. The second kappa shape index (κ2) is 6.83. The van der Waals surface area contributed by atoms with Crippen LogP contribution < -0.4 is 11.5 Å². The van der Waals surface area contributed by atoms with E-state index in [4.69, 9.17) is 11.5 Å². The third kappa shape index (κ3) is 3.47. The van der Waals surface area contributed by atoms with E-state index < -0.39 is 6.04 Å². The molecule has 1 saturated heterocycles. The van der Waals surface area contributed by atoms with Crippen molar-refractivity contribution in [3.8, 4) is 0 Å². The zero-order chi connectivity index (χ0) is 16.4. The van der Waals surface area contributed by atoms with E-state index in [2.05, 4.69) is 33.0 Å². The minimum Gasteiger partial charge on any atom is -0.368 e. The summed E-state index contributed by atoms with van der Waals surface area (Å²) < 4.78 is 0.977. The van der Waals surface area contributed by atoms with Gasteiger partial charge in [-0.15, -0.1) is 0 Å². The molecule has 1 fully saturated rings. The molecule has 1 aliphatic rings. The maximum atomic E-state index is 12.0. The molecule has 1 amide bonds. The molecule has 0 radical (unpaired) electrons. The number of benzene rings is 2. The smallest absolute Gasteiger partial charge is 0.239 e. The summed E-state index contributed by atoms with van der Waals surface area (Å²) in [5.74, 6) is -0.123. The Morgan fingerprint density at radius 1 is 1.09 bits per heavy atom. The zero-order valence-corrected chi connectivity index (χ0v) is 14.3. The summed E-state index contributed by atoms with van der Waals surface area (Å²) in [6.45, 7) is 1.39. The first-order valence-corrected chi connectivity index (χ1v) is 8.45. The van der Waals surface area contributed by atoms with E-state index in [9.17, 15) is 4.79 Å². The molecule has 1 unspecified atom stereocenters. The Morgan fingerprint density at radius 3 is 2.35 bits per heavy atom. The largest absolute Gasteiger partial charge is 0.368 e. The molecule has 3 atom stereocenters. The minimum absolute atomic E-state index is 0.00491.